The van der Waals surface area contributed by atoms with Crippen molar-refractivity contribution in [2.45, 2.75) is 56.4 Å². The second-order valence-corrected chi connectivity index (χ2v) is 12.1. The van der Waals surface area contributed by atoms with Crippen LogP contribution in [0.3, 0.4) is 0 Å². The molecule has 2 aliphatic heterocycles. The van der Waals surface area contributed by atoms with E-state index in [4.69, 9.17) is 11.6 Å². The maximum Gasteiger partial charge on any atom is 0.308 e. The normalized spacial score (nSPS) is 25.4. The average molecular weight is 539 g/mol. The predicted molar refractivity (Wildman–Crippen MR) is 146 cm³/mol. The van der Waals surface area contributed by atoms with Crippen molar-refractivity contribution in [3.63, 3.8) is 0 Å². The largest absolute Gasteiger partial charge is 0.481 e. The van der Waals surface area contributed by atoms with E-state index in [2.05, 4.69) is 19.2 Å². The smallest absolute Gasteiger partial charge is 0.308 e. The fourth-order valence-corrected chi connectivity index (χ4v) is 7.50. The Morgan fingerprint density at radius 3 is 2.68 bits per heavy atom. The molecule has 38 heavy (non-hydrogen) atoms. The highest BCUT2D eigenvalue weighted by molar-refractivity contribution is 6.30. The van der Waals surface area contributed by atoms with Gasteiger partial charge >= 0.3 is 5.97 Å². The molecule has 3 aliphatic rings. The molecule has 6 nitrogen and oxygen atoms in total. The Morgan fingerprint density at radius 2 is 2.00 bits per heavy atom. The molecule has 202 valence electrons. The van der Waals surface area contributed by atoms with Gasteiger partial charge in [-0.1, -0.05) is 30.7 Å². The highest BCUT2D eigenvalue weighted by Gasteiger charge is 2.53. The SMILES string of the molecule is CC(C(=O)O)C1(N2CC(CN3CCC(c4cnc5cc(Cl)ccn45)CC3)C(c3cccc(F)c3)C2)CCC1. The summed E-state index contributed by atoms with van der Waals surface area (Å²) in [6, 6.07) is 10.8. The fraction of sp³-hybridized carbons (Fsp3) is 0.533. The summed E-state index contributed by atoms with van der Waals surface area (Å²) in [5.74, 6) is -0.329. The molecule has 0 radical (unpaired) electrons. The molecule has 2 aromatic heterocycles. The molecule has 0 bridgehead atoms. The molecular formula is C30H36ClFN4O2. The van der Waals surface area contributed by atoms with E-state index in [0.717, 1.165) is 76.0 Å². The topological polar surface area (TPSA) is 61.1 Å². The quantitative estimate of drug-likeness (QED) is 0.420. The molecular weight excluding hydrogens is 503 g/mol. The van der Waals surface area contributed by atoms with Gasteiger partial charge in [-0.05, 0) is 80.9 Å². The zero-order chi connectivity index (χ0) is 26.4. The van der Waals surface area contributed by atoms with Crippen molar-refractivity contribution < 1.29 is 14.3 Å². The van der Waals surface area contributed by atoms with Crippen LogP contribution < -0.4 is 0 Å². The number of piperidine rings is 1. The van der Waals surface area contributed by atoms with Crippen LogP contribution in [0.5, 0.6) is 0 Å². The minimum atomic E-state index is -0.716. The van der Waals surface area contributed by atoms with E-state index in [-0.39, 0.29) is 17.3 Å². The number of benzene rings is 1. The number of rotatable bonds is 7. The van der Waals surface area contributed by atoms with E-state index < -0.39 is 11.9 Å². The number of aliphatic carboxylic acids is 1. The third-order valence-electron chi connectivity index (χ3n) is 9.75. The Kier molecular flexibility index (Phi) is 6.95. The first-order valence-electron chi connectivity index (χ1n) is 13.9. The number of nitrogens with zero attached hydrogens (tertiary/aromatic N) is 4. The van der Waals surface area contributed by atoms with Crippen molar-refractivity contribution in [3.8, 4) is 0 Å². The van der Waals surface area contributed by atoms with Crippen molar-refractivity contribution in [2.75, 3.05) is 32.7 Å². The van der Waals surface area contributed by atoms with Gasteiger partial charge in [0.2, 0.25) is 0 Å². The number of fused-ring (bicyclic) bond motifs is 1. The predicted octanol–water partition coefficient (Wildman–Crippen LogP) is 5.67. The van der Waals surface area contributed by atoms with Crippen molar-refractivity contribution in [1.29, 1.82) is 0 Å². The fourth-order valence-electron chi connectivity index (χ4n) is 7.35. The van der Waals surface area contributed by atoms with Crippen LogP contribution in [0.1, 0.15) is 62.1 Å². The summed E-state index contributed by atoms with van der Waals surface area (Å²) in [5.41, 5.74) is 2.90. The molecule has 3 atom stereocenters. The van der Waals surface area contributed by atoms with Gasteiger partial charge in [0.15, 0.2) is 0 Å². The average Bonchev–Trinajstić information content (AvgIpc) is 3.48. The minimum absolute atomic E-state index is 0.199. The number of pyridine rings is 1. The van der Waals surface area contributed by atoms with E-state index in [1.54, 1.807) is 12.1 Å². The molecule has 1 aliphatic carbocycles. The Balaban J connectivity index is 1.18. The second kappa shape index (κ2) is 10.2. The van der Waals surface area contributed by atoms with Crippen LogP contribution in [0.2, 0.25) is 5.02 Å². The van der Waals surface area contributed by atoms with Gasteiger partial charge in [-0.25, -0.2) is 9.37 Å². The van der Waals surface area contributed by atoms with Gasteiger partial charge in [0, 0.05) is 60.1 Å². The van der Waals surface area contributed by atoms with Crippen LogP contribution in [0.25, 0.3) is 5.65 Å². The van der Waals surface area contributed by atoms with Gasteiger partial charge in [0.1, 0.15) is 11.5 Å². The lowest BCUT2D eigenvalue weighted by Crippen LogP contribution is -2.59. The molecule has 1 aromatic carbocycles. The summed E-state index contributed by atoms with van der Waals surface area (Å²) in [7, 11) is 0. The molecule has 1 N–H and O–H groups in total. The highest BCUT2D eigenvalue weighted by atomic mass is 35.5. The number of hydrogen-bond acceptors (Lipinski definition) is 4. The lowest BCUT2D eigenvalue weighted by atomic mass is 9.67. The van der Waals surface area contributed by atoms with Crippen LogP contribution in [0, 0.1) is 17.7 Å². The Morgan fingerprint density at radius 1 is 1.21 bits per heavy atom. The number of hydrogen-bond donors (Lipinski definition) is 1. The molecule has 3 aromatic rings. The summed E-state index contributed by atoms with van der Waals surface area (Å²) < 4.78 is 16.4. The molecule has 2 saturated heterocycles. The highest BCUT2D eigenvalue weighted by Crippen LogP contribution is 2.49. The molecule has 3 fully saturated rings. The standard InChI is InChI=1S/C30H36ClFN4O2/c1-20(29(37)38)30(9-3-10-30)35-18-23(26(19-35)22-4-2-5-25(32)14-22)17-34-11-6-21(7-12-34)27-16-33-28-15-24(31)8-13-36(27)28/h2,4-5,8,13-16,20-21,23,26H,3,6-7,9-12,17-19H2,1H3,(H,37,38). The Bertz CT molecular complexity index is 1320. The molecule has 4 heterocycles. The Hall–Kier alpha value is -2.48. The van der Waals surface area contributed by atoms with E-state index in [0.29, 0.717) is 16.9 Å². The Labute approximate surface area is 228 Å². The van der Waals surface area contributed by atoms with Gasteiger partial charge < -0.3 is 14.4 Å². The number of likely N-dealkylation sites (tertiary alicyclic amines) is 2. The first kappa shape index (κ1) is 25.8. The number of aromatic nitrogens is 2. The molecule has 0 spiro atoms. The number of halogens is 2. The minimum Gasteiger partial charge on any atom is -0.481 e. The number of imidazole rings is 1. The number of carboxylic acids is 1. The van der Waals surface area contributed by atoms with Crippen LogP contribution in [0.15, 0.2) is 48.8 Å². The molecule has 3 unspecified atom stereocenters. The lowest BCUT2D eigenvalue weighted by Gasteiger charge is -2.51. The van der Waals surface area contributed by atoms with Crippen LogP contribution in [0.4, 0.5) is 4.39 Å². The monoisotopic (exact) mass is 538 g/mol. The summed E-state index contributed by atoms with van der Waals surface area (Å²) >= 11 is 6.15. The first-order valence-corrected chi connectivity index (χ1v) is 14.3. The van der Waals surface area contributed by atoms with Crippen LogP contribution in [-0.4, -0.2) is 68.5 Å². The van der Waals surface area contributed by atoms with E-state index in [9.17, 15) is 14.3 Å². The van der Waals surface area contributed by atoms with Gasteiger partial charge in [-0.2, -0.15) is 0 Å². The van der Waals surface area contributed by atoms with E-state index in [1.165, 1.54) is 11.8 Å². The maximum absolute atomic E-state index is 14.2. The summed E-state index contributed by atoms with van der Waals surface area (Å²) in [6.45, 7) is 6.50. The maximum atomic E-state index is 14.2. The van der Waals surface area contributed by atoms with Crippen molar-refractivity contribution in [1.82, 2.24) is 19.2 Å². The molecule has 1 saturated carbocycles. The van der Waals surface area contributed by atoms with Gasteiger partial charge in [-0.15, -0.1) is 0 Å². The second-order valence-electron chi connectivity index (χ2n) is 11.7. The summed E-state index contributed by atoms with van der Waals surface area (Å²) in [4.78, 5) is 21.6. The van der Waals surface area contributed by atoms with Crippen LogP contribution >= 0.6 is 11.6 Å². The third kappa shape index (κ3) is 4.63. The van der Waals surface area contributed by atoms with Gasteiger partial charge in [0.05, 0.1) is 5.92 Å². The zero-order valence-corrected chi connectivity index (χ0v) is 22.7. The van der Waals surface area contributed by atoms with E-state index in [1.807, 2.05) is 37.5 Å². The van der Waals surface area contributed by atoms with Crippen molar-refractivity contribution in [3.05, 3.63) is 70.9 Å². The molecule has 6 rings (SSSR count). The van der Waals surface area contributed by atoms with Gasteiger partial charge in [-0.3, -0.25) is 9.69 Å². The zero-order valence-electron chi connectivity index (χ0n) is 21.9. The van der Waals surface area contributed by atoms with E-state index >= 15 is 0 Å². The van der Waals surface area contributed by atoms with Crippen LogP contribution in [-0.2, 0) is 4.79 Å². The van der Waals surface area contributed by atoms with Crippen molar-refractivity contribution >= 4 is 23.2 Å². The number of carbonyl (C=O) groups is 1. The molecule has 0 amide bonds. The summed E-state index contributed by atoms with van der Waals surface area (Å²) in [5, 5.41) is 10.6. The van der Waals surface area contributed by atoms with Crippen molar-refractivity contribution in [2.24, 2.45) is 11.8 Å². The number of carboxylic acid groups (broad SMARTS) is 1. The first-order chi connectivity index (χ1) is 18.3. The third-order valence-corrected chi connectivity index (χ3v) is 9.98. The lowest BCUT2D eigenvalue weighted by molar-refractivity contribution is -0.150. The van der Waals surface area contributed by atoms with Gasteiger partial charge in [0.25, 0.3) is 0 Å². The molecule has 8 heteroatoms. The summed E-state index contributed by atoms with van der Waals surface area (Å²) in [6.07, 6.45) is 9.07.